The summed E-state index contributed by atoms with van der Waals surface area (Å²) in [6, 6.07) is 6.62. The number of nitrogens with one attached hydrogen (secondary N) is 3. The molecule has 0 spiro atoms. The number of ether oxygens (including phenoxy) is 1. The number of carbonyl (C=O) groups is 1. The molecule has 1 unspecified atom stereocenters. The van der Waals surface area contributed by atoms with E-state index >= 15 is 0 Å². The fraction of sp³-hybridized carbons (Fsp3) is 0.579. The number of likely N-dealkylation sites (N-methyl/N-ethyl adjacent to an activating group) is 1. The minimum atomic E-state index is -0.262. The molecule has 1 heterocycles. The third kappa shape index (κ3) is 6.80. The topological polar surface area (TPSA) is 78.0 Å². The summed E-state index contributed by atoms with van der Waals surface area (Å²) in [6.45, 7) is 2.72. The third-order valence-electron chi connectivity index (χ3n) is 4.78. The molecule has 1 amide bonds. The highest BCUT2D eigenvalue weighted by Crippen LogP contribution is 2.16. The van der Waals surface area contributed by atoms with Gasteiger partial charge in [-0.1, -0.05) is 12.1 Å². The van der Waals surface area contributed by atoms with Crippen molar-refractivity contribution < 1.29 is 13.9 Å². The second kappa shape index (κ2) is 10.8. The standard InChI is InChI=1S/C19H30FN5O2/c1-21-18(26)13-25-10-8-16(9-11-25)24-19(22-2)23-12-17(27-3)14-4-6-15(20)7-5-14/h4-7,16-17H,8-13H2,1-3H3,(H,21,26)(H2,22,23,24). The molecule has 0 aliphatic carbocycles. The lowest BCUT2D eigenvalue weighted by Crippen LogP contribution is -2.50. The van der Waals surface area contributed by atoms with Crippen molar-refractivity contribution >= 4 is 11.9 Å². The van der Waals surface area contributed by atoms with Gasteiger partial charge in [0.15, 0.2) is 5.96 Å². The summed E-state index contributed by atoms with van der Waals surface area (Å²) in [4.78, 5) is 17.9. The van der Waals surface area contributed by atoms with Gasteiger partial charge in [0.1, 0.15) is 5.82 Å². The molecule has 1 aromatic carbocycles. The van der Waals surface area contributed by atoms with E-state index in [4.69, 9.17) is 4.74 Å². The first kappa shape index (κ1) is 21.1. The Balaban J connectivity index is 1.78. The number of piperidine rings is 1. The van der Waals surface area contributed by atoms with Crippen molar-refractivity contribution in [3.05, 3.63) is 35.6 Å². The van der Waals surface area contributed by atoms with E-state index in [2.05, 4.69) is 25.8 Å². The zero-order chi connectivity index (χ0) is 19.6. The molecule has 0 bridgehead atoms. The van der Waals surface area contributed by atoms with Crippen molar-refractivity contribution in [3.63, 3.8) is 0 Å². The molecule has 8 heteroatoms. The van der Waals surface area contributed by atoms with Gasteiger partial charge in [-0.25, -0.2) is 4.39 Å². The fourth-order valence-electron chi connectivity index (χ4n) is 3.11. The number of aliphatic imine (C=N–C) groups is 1. The van der Waals surface area contributed by atoms with E-state index in [0.29, 0.717) is 25.1 Å². The third-order valence-corrected chi connectivity index (χ3v) is 4.78. The van der Waals surface area contributed by atoms with Crippen LogP contribution in [0.1, 0.15) is 24.5 Å². The van der Waals surface area contributed by atoms with Gasteiger partial charge in [-0.2, -0.15) is 0 Å². The minimum absolute atomic E-state index is 0.0466. The Bertz CT molecular complexity index is 615. The highest BCUT2D eigenvalue weighted by molar-refractivity contribution is 5.80. The maximum Gasteiger partial charge on any atom is 0.233 e. The Labute approximate surface area is 160 Å². The van der Waals surface area contributed by atoms with E-state index < -0.39 is 0 Å². The van der Waals surface area contributed by atoms with Gasteiger partial charge in [-0.05, 0) is 30.5 Å². The zero-order valence-electron chi connectivity index (χ0n) is 16.3. The predicted octanol–water partition coefficient (Wildman–Crippen LogP) is 0.889. The lowest BCUT2D eigenvalue weighted by molar-refractivity contribution is -0.122. The van der Waals surface area contributed by atoms with Crippen LogP contribution in [-0.2, 0) is 9.53 Å². The molecule has 1 fully saturated rings. The summed E-state index contributed by atoms with van der Waals surface area (Å²) in [6.07, 6.45) is 1.70. The Morgan fingerprint density at radius 1 is 1.33 bits per heavy atom. The maximum atomic E-state index is 13.1. The summed E-state index contributed by atoms with van der Waals surface area (Å²) < 4.78 is 18.6. The van der Waals surface area contributed by atoms with Crippen LogP contribution in [-0.4, -0.2) is 70.2 Å². The maximum absolute atomic E-state index is 13.1. The van der Waals surface area contributed by atoms with Crippen molar-refractivity contribution in [1.29, 1.82) is 0 Å². The van der Waals surface area contributed by atoms with E-state index in [0.717, 1.165) is 31.5 Å². The second-order valence-corrected chi connectivity index (χ2v) is 6.60. The molecule has 0 saturated carbocycles. The van der Waals surface area contributed by atoms with Gasteiger partial charge in [0.05, 0.1) is 12.6 Å². The van der Waals surface area contributed by atoms with Crippen LogP contribution in [0.4, 0.5) is 4.39 Å². The Morgan fingerprint density at radius 3 is 2.56 bits per heavy atom. The second-order valence-electron chi connectivity index (χ2n) is 6.60. The highest BCUT2D eigenvalue weighted by atomic mass is 19.1. The number of halogens is 1. The highest BCUT2D eigenvalue weighted by Gasteiger charge is 2.21. The first-order chi connectivity index (χ1) is 13.0. The van der Waals surface area contributed by atoms with Crippen LogP contribution in [0, 0.1) is 5.82 Å². The number of benzene rings is 1. The molecule has 7 nitrogen and oxygen atoms in total. The van der Waals surface area contributed by atoms with Crippen molar-refractivity contribution in [1.82, 2.24) is 20.9 Å². The lowest BCUT2D eigenvalue weighted by atomic mass is 10.1. The molecule has 1 aliphatic rings. The molecule has 2 rings (SSSR count). The van der Waals surface area contributed by atoms with Crippen molar-refractivity contribution in [3.8, 4) is 0 Å². The van der Waals surface area contributed by atoms with Crippen molar-refractivity contribution in [2.24, 2.45) is 4.99 Å². The van der Waals surface area contributed by atoms with Gasteiger partial charge in [0.2, 0.25) is 5.91 Å². The van der Waals surface area contributed by atoms with Crippen LogP contribution >= 0.6 is 0 Å². The van der Waals surface area contributed by atoms with Crippen LogP contribution in [0.25, 0.3) is 0 Å². The molecule has 1 aromatic rings. The molecule has 0 radical (unpaired) electrons. The molecular weight excluding hydrogens is 349 g/mol. The monoisotopic (exact) mass is 379 g/mol. The van der Waals surface area contributed by atoms with Crippen LogP contribution in [0.5, 0.6) is 0 Å². The number of carbonyl (C=O) groups excluding carboxylic acids is 1. The summed E-state index contributed by atoms with van der Waals surface area (Å²) in [5, 5.41) is 9.36. The first-order valence-corrected chi connectivity index (χ1v) is 9.24. The Hall–Kier alpha value is -2.19. The number of guanidine groups is 1. The van der Waals surface area contributed by atoms with Gasteiger partial charge in [0, 0.05) is 46.9 Å². The number of hydrogen-bond acceptors (Lipinski definition) is 4. The van der Waals surface area contributed by atoms with Crippen LogP contribution in [0.2, 0.25) is 0 Å². The van der Waals surface area contributed by atoms with Crippen LogP contribution < -0.4 is 16.0 Å². The number of rotatable bonds is 7. The molecule has 1 atom stereocenters. The number of nitrogens with zero attached hydrogens (tertiary/aromatic N) is 2. The smallest absolute Gasteiger partial charge is 0.233 e. The lowest BCUT2D eigenvalue weighted by Gasteiger charge is -2.32. The Morgan fingerprint density at radius 2 is 2.00 bits per heavy atom. The molecule has 3 N–H and O–H groups in total. The molecule has 1 saturated heterocycles. The molecule has 150 valence electrons. The van der Waals surface area contributed by atoms with Gasteiger partial charge >= 0.3 is 0 Å². The molecular formula is C19H30FN5O2. The van der Waals surface area contributed by atoms with Gasteiger partial charge in [0.25, 0.3) is 0 Å². The SMILES string of the molecule is CN=C(NCC(OC)c1ccc(F)cc1)NC1CCN(CC(=O)NC)CC1. The Kier molecular flexibility index (Phi) is 8.47. The number of methoxy groups -OCH3 is 1. The van der Waals surface area contributed by atoms with Crippen molar-refractivity contribution in [2.45, 2.75) is 25.0 Å². The largest absolute Gasteiger partial charge is 0.375 e. The van der Waals surface area contributed by atoms with Gasteiger partial charge in [-0.3, -0.25) is 14.7 Å². The average Bonchev–Trinajstić information content (AvgIpc) is 2.69. The van der Waals surface area contributed by atoms with E-state index in [1.54, 1.807) is 33.3 Å². The molecule has 0 aromatic heterocycles. The van der Waals surface area contributed by atoms with Gasteiger partial charge < -0.3 is 20.7 Å². The van der Waals surface area contributed by atoms with Gasteiger partial charge in [-0.15, -0.1) is 0 Å². The zero-order valence-corrected chi connectivity index (χ0v) is 16.3. The molecule has 27 heavy (non-hydrogen) atoms. The summed E-state index contributed by atoms with van der Waals surface area (Å²) in [5.41, 5.74) is 0.907. The number of hydrogen-bond donors (Lipinski definition) is 3. The summed E-state index contributed by atoms with van der Waals surface area (Å²) in [5.74, 6) is 0.496. The quantitative estimate of drug-likeness (QED) is 0.484. The van der Waals surface area contributed by atoms with E-state index in [9.17, 15) is 9.18 Å². The van der Waals surface area contributed by atoms with Crippen LogP contribution in [0.3, 0.4) is 0 Å². The molecule has 1 aliphatic heterocycles. The number of amides is 1. The number of likely N-dealkylation sites (tertiary alicyclic amines) is 1. The summed E-state index contributed by atoms with van der Waals surface area (Å²) in [7, 11) is 5.02. The normalized spacial score (nSPS) is 17.4. The van der Waals surface area contributed by atoms with E-state index in [1.165, 1.54) is 12.1 Å². The average molecular weight is 379 g/mol. The summed E-state index contributed by atoms with van der Waals surface area (Å²) >= 11 is 0. The predicted molar refractivity (Wildman–Crippen MR) is 104 cm³/mol. The van der Waals surface area contributed by atoms with Crippen molar-refractivity contribution in [2.75, 3.05) is 47.4 Å². The first-order valence-electron chi connectivity index (χ1n) is 9.24. The minimum Gasteiger partial charge on any atom is -0.375 e. The van der Waals surface area contributed by atoms with E-state index in [-0.39, 0.29) is 17.8 Å². The fourth-order valence-corrected chi connectivity index (χ4v) is 3.11. The van der Waals surface area contributed by atoms with E-state index in [1.807, 2.05) is 0 Å². The van der Waals surface area contributed by atoms with Crippen LogP contribution in [0.15, 0.2) is 29.3 Å².